The van der Waals surface area contributed by atoms with Gasteiger partial charge in [0.25, 0.3) is 0 Å². The van der Waals surface area contributed by atoms with E-state index in [1.54, 1.807) is 18.2 Å². The molecule has 2 N–H and O–H groups in total. The molecule has 0 saturated carbocycles. The molecule has 0 fully saturated rings. The molecular formula is C9H13NO4S. The van der Waals surface area contributed by atoms with Gasteiger partial charge in [0.1, 0.15) is 0 Å². The highest BCUT2D eigenvalue weighted by molar-refractivity contribution is 7.89. The summed E-state index contributed by atoms with van der Waals surface area (Å²) < 4.78 is 32.5. The summed E-state index contributed by atoms with van der Waals surface area (Å²) >= 11 is 0. The van der Waals surface area contributed by atoms with E-state index in [1.807, 2.05) is 0 Å². The third kappa shape index (κ3) is 2.75. The first kappa shape index (κ1) is 12.1. The van der Waals surface area contributed by atoms with Crippen molar-refractivity contribution in [3.63, 3.8) is 0 Å². The van der Waals surface area contributed by atoms with Gasteiger partial charge in [0, 0.05) is 19.8 Å². The van der Waals surface area contributed by atoms with Crippen LogP contribution in [-0.2, 0) is 19.5 Å². The molecule has 0 spiro atoms. The van der Waals surface area contributed by atoms with Crippen molar-refractivity contribution in [2.75, 3.05) is 14.2 Å². The van der Waals surface area contributed by atoms with Gasteiger partial charge in [0.2, 0.25) is 10.0 Å². The third-order valence-corrected chi connectivity index (χ3v) is 2.89. The van der Waals surface area contributed by atoms with Crippen molar-refractivity contribution >= 4 is 10.0 Å². The predicted molar refractivity (Wildman–Crippen MR) is 54.6 cm³/mol. The van der Waals surface area contributed by atoms with E-state index >= 15 is 0 Å². The van der Waals surface area contributed by atoms with E-state index in [0.29, 0.717) is 5.56 Å². The maximum Gasteiger partial charge on any atom is 0.238 e. The molecular weight excluding hydrogens is 218 g/mol. The molecule has 0 bridgehead atoms. The van der Waals surface area contributed by atoms with E-state index in [0.717, 1.165) is 0 Å². The van der Waals surface area contributed by atoms with Crippen LogP contribution in [0.5, 0.6) is 0 Å². The molecule has 1 aromatic rings. The number of rotatable bonds is 4. The molecule has 15 heavy (non-hydrogen) atoms. The number of hydrogen-bond donors (Lipinski definition) is 1. The average Bonchev–Trinajstić information content (AvgIpc) is 2.19. The summed E-state index contributed by atoms with van der Waals surface area (Å²) in [7, 11) is -0.909. The Morgan fingerprint density at radius 3 is 2.20 bits per heavy atom. The van der Waals surface area contributed by atoms with E-state index < -0.39 is 16.3 Å². The van der Waals surface area contributed by atoms with Crippen molar-refractivity contribution in [2.45, 2.75) is 11.2 Å². The van der Waals surface area contributed by atoms with Gasteiger partial charge in [-0.3, -0.25) is 0 Å². The van der Waals surface area contributed by atoms with Gasteiger partial charge in [-0.2, -0.15) is 0 Å². The summed E-state index contributed by atoms with van der Waals surface area (Å²) in [5.41, 5.74) is 0.394. The van der Waals surface area contributed by atoms with Crippen molar-refractivity contribution < 1.29 is 17.9 Å². The summed E-state index contributed by atoms with van der Waals surface area (Å²) in [6.07, 6.45) is -0.737. The van der Waals surface area contributed by atoms with Gasteiger partial charge in [-0.1, -0.05) is 18.2 Å². The van der Waals surface area contributed by atoms with Gasteiger partial charge in [0.15, 0.2) is 6.29 Å². The highest BCUT2D eigenvalue weighted by Crippen LogP contribution is 2.23. The molecule has 0 aliphatic heterocycles. The number of nitrogens with two attached hydrogens (primary N) is 1. The lowest BCUT2D eigenvalue weighted by Crippen LogP contribution is -2.17. The molecule has 0 aromatic heterocycles. The molecule has 0 aliphatic carbocycles. The molecule has 1 aromatic carbocycles. The Labute approximate surface area is 88.9 Å². The zero-order valence-corrected chi connectivity index (χ0v) is 9.32. The molecule has 0 atom stereocenters. The number of primary sulfonamides is 1. The lowest BCUT2D eigenvalue weighted by atomic mass is 10.2. The lowest BCUT2D eigenvalue weighted by molar-refractivity contribution is -0.107. The largest absolute Gasteiger partial charge is 0.352 e. The fourth-order valence-corrected chi connectivity index (χ4v) is 2.05. The van der Waals surface area contributed by atoms with Gasteiger partial charge < -0.3 is 9.47 Å². The normalized spacial score (nSPS) is 12.0. The fraction of sp³-hybridized carbons (Fsp3) is 0.333. The molecule has 0 aliphatic rings. The van der Waals surface area contributed by atoms with Gasteiger partial charge in [0.05, 0.1) is 4.90 Å². The van der Waals surface area contributed by atoms with E-state index in [2.05, 4.69) is 0 Å². The smallest absolute Gasteiger partial charge is 0.238 e. The maximum absolute atomic E-state index is 11.3. The quantitative estimate of drug-likeness (QED) is 0.771. The number of ether oxygens (including phenoxy) is 2. The topological polar surface area (TPSA) is 78.6 Å². The van der Waals surface area contributed by atoms with E-state index in [9.17, 15) is 8.42 Å². The minimum absolute atomic E-state index is 0.0127. The Balaban J connectivity index is 3.29. The lowest BCUT2D eigenvalue weighted by Gasteiger charge is -2.16. The second-order valence-electron chi connectivity index (χ2n) is 2.89. The van der Waals surface area contributed by atoms with Crippen LogP contribution in [0.1, 0.15) is 11.9 Å². The first-order valence-corrected chi connectivity index (χ1v) is 5.72. The van der Waals surface area contributed by atoms with Gasteiger partial charge in [-0.25, -0.2) is 13.6 Å². The first-order valence-electron chi connectivity index (χ1n) is 4.18. The highest BCUT2D eigenvalue weighted by Gasteiger charge is 2.19. The second kappa shape index (κ2) is 4.71. The molecule has 84 valence electrons. The molecule has 0 saturated heterocycles. The van der Waals surface area contributed by atoms with Crippen molar-refractivity contribution in [3.05, 3.63) is 29.8 Å². The number of hydrogen-bond acceptors (Lipinski definition) is 4. The van der Waals surface area contributed by atoms with E-state index in [4.69, 9.17) is 14.6 Å². The van der Waals surface area contributed by atoms with Crippen molar-refractivity contribution in [1.29, 1.82) is 0 Å². The number of benzene rings is 1. The van der Waals surface area contributed by atoms with Crippen LogP contribution in [0.3, 0.4) is 0 Å². The van der Waals surface area contributed by atoms with Gasteiger partial charge >= 0.3 is 0 Å². The Morgan fingerprint density at radius 1 is 1.20 bits per heavy atom. The van der Waals surface area contributed by atoms with Crippen LogP contribution in [0.25, 0.3) is 0 Å². The third-order valence-electron chi connectivity index (χ3n) is 1.91. The SMILES string of the molecule is COC(OC)c1ccccc1S(N)(=O)=O. The molecule has 6 heteroatoms. The summed E-state index contributed by atoms with van der Waals surface area (Å²) in [4.78, 5) is 0.0127. The Kier molecular flexibility index (Phi) is 3.81. The Hall–Kier alpha value is -0.950. The Morgan fingerprint density at radius 2 is 1.73 bits per heavy atom. The van der Waals surface area contributed by atoms with Crippen LogP contribution in [-0.4, -0.2) is 22.6 Å². The summed E-state index contributed by atoms with van der Waals surface area (Å²) in [5, 5.41) is 5.07. The van der Waals surface area contributed by atoms with Crippen molar-refractivity contribution in [3.8, 4) is 0 Å². The zero-order valence-electron chi connectivity index (χ0n) is 8.51. The van der Waals surface area contributed by atoms with Crippen LogP contribution in [0, 0.1) is 0 Å². The minimum atomic E-state index is -3.76. The van der Waals surface area contributed by atoms with Gasteiger partial charge in [-0.15, -0.1) is 0 Å². The monoisotopic (exact) mass is 231 g/mol. The van der Waals surface area contributed by atoms with E-state index in [1.165, 1.54) is 20.3 Å². The maximum atomic E-state index is 11.3. The highest BCUT2D eigenvalue weighted by atomic mass is 32.2. The van der Waals surface area contributed by atoms with Crippen LogP contribution in [0.2, 0.25) is 0 Å². The van der Waals surface area contributed by atoms with Crippen molar-refractivity contribution in [1.82, 2.24) is 0 Å². The minimum Gasteiger partial charge on any atom is -0.352 e. The Bertz CT molecular complexity index is 425. The first-order chi connectivity index (χ1) is 7.00. The molecule has 0 unspecified atom stereocenters. The molecule has 0 amide bonds. The molecule has 5 nitrogen and oxygen atoms in total. The summed E-state index contributed by atoms with van der Waals surface area (Å²) in [5.74, 6) is 0. The van der Waals surface area contributed by atoms with Crippen LogP contribution in [0.15, 0.2) is 29.2 Å². The average molecular weight is 231 g/mol. The van der Waals surface area contributed by atoms with Gasteiger partial charge in [-0.05, 0) is 6.07 Å². The predicted octanol–water partition coefficient (Wildman–Crippen LogP) is 0.625. The standard InChI is InChI=1S/C9H13NO4S/c1-13-9(14-2)7-5-3-4-6-8(7)15(10,11)12/h3-6,9H,1-2H3,(H2,10,11,12). The molecule has 1 rings (SSSR count). The summed E-state index contributed by atoms with van der Waals surface area (Å²) in [6.45, 7) is 0. The molecule has 0 heterocycles. The van der Waals surface area contributed by atoms with Crippen molar-refractivity contribution in [2.24, 2.45) is 5.14 Å². The zero-order chi connectivity index (χ0) is 11.5. The molecule has 0 radical (unpaired) electrons. The summed E-state index contributed by atoms with van der Waals surface area (Å²) in [6, 6.07) is 6.29. The number of methoxy groups -OCH3 is 2. The second-order valence-corrected chi connectivity index (χ2v) is 4.42. The van der Waals surface area contributed by atoms with Crippen LogP contribution in [0.4, 0.5) is 0 Å². The van der Waals surface area contributed by atoms with Crippen LogP contribution < -0.4 is 5.14 Å². The van der Waals surface area contributed by atoms with Crippen LogP contribution >= 0.6 is 0 Å². The number of sulfonamides is 1. The fourth-order valence-electron chi connectivity index (χ4n) is 1.28. The van der Waals surface area contributed by atoms with E-state index in [-0.39, 0.29) is 4.90 Å².